The van der Waals surface area contributed by atoms with Gasteiger partial charge in [0.2, 0.25) is 0 Å². The second-order valence-electron chi connectivity index (χ2n) is 5.45. The quantitative estimate of drug-likeness (QED) is 0.608. The predicted molar refractivity (Wildman–Crippen MR) is 71.6 cm³/mol. The first-order valence-electron chi connectivity index (χ1n) is 6.74. The first-order chi connectivity index (χ1) is 8.92. The van der Waals surface area contributed by atoms with Gasteiger partial charge in [0.05, 0.1) is 6.61 Å². The van der Waals surface area contributed by atoms with Crippen molar-refractivity contribution in [1.29, 1.82) is 0 Å². The molecule has 0 bridgehead atoms. The summed E-state index contributed by atoms with van der Waals surface area (Å²) in [5, 5.41) is 1.33. The van der Waals surface area contributed by atoms with Crippen molar-refractivity contribution in [1.82, 2.24) is 4.57 Å². The molecule has 1 aromatic heterocycles. The molecule has 1 aliphatic carbocycles. The Hall–Kier alpha value is -1.26. The summed E-state index contributed by atoms with van der Waals surface area (Å²) in [6.07, 6.45) is 2.76. The van der Waals surface area contributed by atoms with Crippen LogP contribution in [0.1, 0.15) is 24.4 Å². The van der Waals surface area contributed by atoms with E-state index < -0.39 is 0 Å². The molecule has 0 amide bonds. The van der Waals surface area contributed by atoms with E-state index in [-0.39, 0.29) is 0 Å². The van der Waals surface area contributed by atoms with Gasteiger partial charge in [-0.05, 0) is 36.3 Å². The molecule has 2 aromatic rings. The normalized spacial score (nSPS) is 23.4. The molecule has 1 saturated heterocycles. The molecule has 18 heavy (non-hydrogen) atoms. The molecule has 2 aliphatic rings. The Morgan fingerprint density at radius 3 is 2.94 bits per heavy atom. The summed E-state index contributed by atoms with van der Waals surface area (Å²) >= 11 is 0. The van der Waals surface area contributed by atoms with Crippen molar-refractivity contribution in [3.63, 3.8) is 0 Å². The van der Waals surface area contributed by atoms with Crippen molar-refractivity contribution in [3.8, 4) is 0 Å². The average Bonchev–Trinajstić information content (AvgIpc) is 2.91. The lowest BCUT2D eigenvalue weighted by molar-refractivity contribution is -0.183. The summed E-state index contributed by atoms with van der Waals surface area (Å²) < 4.78 is 2.48. The lowest BCUT2D eigenvalue weighted by Crippen LogP contribution is -2.12. The number of benzene rings is 1. The zero-order valence-corrected chi connectivity index (χ0v) is 10.3. The zero-order valence-electron chi connectivity index (χ0n) is 10.3. The van der Waals surface area contributed by atoms with E-state index in [4.69, 9.17) is 9.69 Å². The number of nitrogens with zero attached hydrogens (tertiary/aromatic N) is 1. The monoisotopic (exact) mass is 241 g/mol. The van der Waals surface area contributed by atoms with Gasteiger partial charge in [-0.3, -0.25) is 4.89 Å². The highest BCUT2D eigenvalue weighted by Gasteiger charge is 2.29. The first kappa shape index (κ1) is 10.6. The smallest absolute Gasteiger partial charge is 0.334 e. The predicted octanol–water partition coefficient (Wildman–Crippen LogP) is 2.41. The fourth-order valence-electron chi connectivity index (χ4n) is 2.81. The molecular formula is C14H16BNO2. The molecule has 92 valence electrons. The largest absolute Gasteiger partial charge is 0.345 e. The van der Waals surface area contributed by atoms with Gasteiger partial charge in [0.1, 0.15) is 0 Å². The van der Waals surface area contributed by atoms with Crippen LogP contribution in [0, 0.1) is 5.92 Å². The maximum Gasteiger partial charge on any atom is 0.334 e. The highest BCUT2D eigenvalue weighted by atomic mass is 17.2. The van der Waals surface area contributed by atoms with Gasteiger partial charge >= 0.3 is 7.48 Å². The van der Waals surface area contributed by atoms with E-state index >= 15 is 0 Å². The third kappa shape index (κ3) is 1.76. The first-order valence-corrected chi connectivity index (χ1v) is 6.74. The van der Waals surface area contributed by atoms with E-state index in [9.17, 15) is 0 Å². The summed E-state index contributed by atoms with van der Waals surface area (Å²) in [5.74, 6) is 1.26. The topological polar surface area (TPSA) is 23.4 Å². The van der Waals surface area contributed by atoms with Crippen LogP contribution in [0.25, 0.3) is 10.9 Å². The van der Waals surface area contributed by atoms with Crippen LogP contribution < -0.4 is 0 Å². The Morgan fingerprint density at radius 1 is 1.28 bits per heavy atom. The molecule has 2 fully saturated rings. The van der Waals surface area contributed by atoms with Crippen LogP contribution in [-0.2, 0) is 16.2 Å². The van der Waals surface area contributed by atoms with Gasteiger partial charge in [-0.2, -0.15) is 0 Å². The van der Waals surface area contributed by atoms with Crippen LogP contribution in [-0.4, -0.2) is 18.7 Å². The van der Waals surface area contributed by atoms with E-state index in [2.05, 4.69) is 34.9 Å². The molecule has 3 nitrogen and oxygen atoms in total. The van der Waals surface area contributed by atoms with Gasteiger partial charge in [-0.15, -0.1) is 0 Å². The summed E-state index contributed by atoms with van der Waals surface area (Å²) in [6, 6.07) is 10.9. The van der Waals surface area contributed by atoms with Crippen LogP contribution in [0.4, 0.5) is 0 Å². The molecule has 4 heteroatoms. The van der Waals surface area contributed by atoms with Crippen LogP contribution in [0.5, 0.6) is 0 Å². The Kier molecular flexibility index (Phi) is 2.45. The lowest BCUT2D eigenvalue weighted by Gasteiger charge is -2.12. The van der Waals surface area contributed by atoms with Gasteiger partial charge in [-0.1, -0.05) is 18.2 Å². The molecule has 0 N–H and O–H groups in total. The highest BCUT2D eigenvalue weighted by Crippen LogP contribution is 2.35. The van der Waals surface area contributed by atoms with Gasteiger partial charge < -0.3 is 9.37 Å². The molecule has 2 heterocycles. The lowest BCUT2D eigenvalue weighted by atomic mass is 9.79. The standard InChI is InChI=1S/C14H16BNO2/c1-2-4-13-11(3-1)7-14(12-9-17-18-15-12)16(13)8-10-5-6-10/h1-4,7,10,12,15H,5-6,8-9H2. The van der Waals surface area contributed by atoms with Gasteiger partial charge in [-0.25, -0.2) is 0 Å². The third-order valence-corrected chi connectivity index (χ3v) is 4.02. The van der Waals surface area contributed by atoms with E-state index in [1.165, 1.54) is 29.4 Å². The van der Waals surface area contributed by atoms with Crippen LogP contribution in [0.15, 0.2) is 30.3 Å². The van der Waals surface area contributed by atoms with Crippen LogP contribution in [0.3, 0.4) is 0 Å². The Labute approximate surface area is 107 Å². The minimum atomic E-state index is 0.385. The minimum Gasteiger partial charge on any atom is -0.345 e. The number of aromatic nitrogens is 1. The van der Waals surface area contributed by atoms with E-state index in [0.29, 0.717) is 19.9 Å². The van der Waals surface area contributed by atoms with E-state index in [0.717, 1.165) is 12.5 Å². The molecule has 1 atom stereocenters. The zero-order chi connectivity index (χ0) is 11.9. The number of rotatable bonds is 3. The van der Waals surface area contributed by atoms with Crippen molar-refractivity contribution in [2.24, 2.45) is 5.92 Å². The van der Waals surface area contributed by atoms with Gasteiger partial charge in [0, 0.05) is 23.6 Å². The Balaban J connectivity index is 1.82. The fourth-order valence-corrected chi connectivity index (χ4v) is 2.81. The second-order valence-corrected chi connectivity index (χ2v) is 5.45. The third-order valence-electron chi connectivity index (χ3n) is 4.02. The number of hydrogen-bond donors (Lipinski definition) is 0. The number of fused-ring (bicyclic) bond motifs is 1. The molecule has 1 aromatic carbocycles. The maximum atomic E-state index is 5.07. The van der Waals surface area contributed by atoms with E-state index in [1.54, 1.807) is 0 Å². The minimum absolute atomic E-state index is 0.385. The van der Waals surface area contributed by atoms with Crippen molar-refractivity contribution in [2.75, 3.05) is 6.61 Å². The molecule has 4 rings (SSSR count). The Bertz CT molecular complexity index is 570. The maximum absolute atomic E-state index is 5.07. The van der Waals surface area contributed by atoms with Gasteiger partial charge in [0.25, 0.3) is 0 Å². The van der Waals surface area contributed by atoms with Crippen LogP contribution >= 0.6 is 0 Å². The van der Waals surface area contributed by atoms with Crippen molar-refractivity contribution >= 4 is 18.4 Å². The summed E-state index contributed by atoms with van der Waals surface area (Å²) in [4.78, 5) is 10.1. The number of para-hydroxylation sites is 1. The fraction of sp³-hybridized carbons (Fsp3) is 0.429. The van der Waals surface area contributed by atoms with Crippen molar-refractivity contribution in [2.45, 2.75) is 25.2 Å². The van der Waals surface area contributed by atoms with E-state index in [1.807, 2.05) is 0 Å². The highest BCUT2D eigenvalue weighted by molar-refractivity contribution is 6.30. The molecule has 1 aliphatic heterocycles. The second kappa shape index (κ2) is 4.14. The van der Waals surface area contributed by atoms with Crippen LogP contribution in [0.2, 0.25) is 0 Å². The SMILES string of the molecule is B1OOCC1c1cc2ccccc2n1CC1CC1. The molecule has 1 saturated carbocycles. The Morgan fingerprint density at radius 2 is 2.17 bits per heavy atom. The molecule has 0 spiro atoms. The van der Waals surface area contributed by atoms with Gasteiger partial charge in [0.15, 0.2) is 0 Å². The van der Waals surface area contributed by atoms with Crippen molar-refractivity contribution in [3.05, 3.63) is 36.0 Å². The summed E-state index contributed by atoms with van der Waals surface area (Å²) in [6.45, 7) is 1.83. The molecular weight excluding hydrogens is 225 g/mol. The number of hydrogen-bond acceptors (Lipinski definition) is 2. The average molecular weight is 241 g/mol. The summed E-state index contributed by atoms with van der Waals surface area (Å²) in [5.41, 5.74) is 2.73. The van der Waals surface area contributed by atoms with Crippen molar-refractivity contribution < 1.29 is 9.69 Å². The summed E-state index contributed by atoms with van der Waals surface area (Å²) in [7, 11) is 0.682. The molecule has 1 unspecified atom stereocenters. The molecule has 0 radical (unpaired) electrons.